The molecule has 162 valence electrons. The van der Waals surface area contributed by atoms with Crippen molar-refractivity contribution in [3.8, 4) is 17.3 Å². The van der Waals surface area contributed by atoms with Crippen LogP contribution in [0.4, 0.5) is 0 Å². The van der Waals surface area contributed by atoms with Crippen LogP contribution in [-0.2, 0) is 0 Å². The monoisotopic (exact) mass is 420 g/mol. The molecule has 4 rings (SSSR count). The predicted octanol–water partition coefficient (Wildman–Crippen LogP) is 4.39. The van der Waals surface area contributed by atoms with Gasteiger partial charge in [0.05, 0.1) is 17.3 Å². The Hall–Kier alpha value is -3.26. The molecular weight excluding hydrogens is 392 g/mol. The molecule has 8 heteroatoms. The highest BCUT2D eigenvalue weighted by Gasteiger charge is 2.32. The Kier molecular flexibility index (Phi) is 5.99. The molecular formula is C23H28N6O2. The highest BCUT2D eigenvalue weighted by Crippen LogP contribution is 2.40. The average molecular weight is 421 g/mol. The number of nitrogens with one attached hydrogen (secondary N) is 1. The third kappa shape index (κ3) is 5.08. The molecule has 8 nitrogen and oxygen atoms in total. The topological polar surface area (TPSA) is 97.5 Å². The van der Waals surface area contributed by atoms with Gasteiger partial charge in [0.2, 0.25) is 5.88 Å². The van der Waals surface area contributed by atoms with Crippen molar-refractivity contribution >= 4 is 5.84 Å². The van der Waals surface area contributed by atoms with E-state index < -0.39 is 0 Å². The first-order valence-corrected chi connectivity index (χ1v) is 10.5. The number of hydrogen-bond donors (Lipinski definition) is 2. The van der Waals surface area contributed by atoms with Crippen LogP contribution in [0.5, 0.6) is 11.6 Å². The smallest absolute Gasteiger partial charge is 0.230 e. The van der Waals surface area contributed by atoms with Gasteiger partial charge in [-0.3, -0.25) is 15.7 Å². The van der Waals surface area contributed by atoms with Crippen molar-refractivity contribution in [1.82, 2.24) is 25.2 Å². The lowest BCUT2D eigenvalue weighted by atomic mass is 9.71. The van der Waals surface area contributed by atoms with Gasteiger partial charge in [-0.25, -0.2) is 14.6 Å². The average Bonchev–Trinajstić information content (AvgIpc) is 3.27. The second kappa shape index (κ2) is 8.85. The van der Waals surface area contributed by atoms with Crippen molar-refractivity contribution < 1.29 is 9.94 Å². The molecule has 3 aromatic rings. The van der Waals surface area contributed by atoms with E-state index in [4.69, 9.17) is 9.73 Å². The summed E-state index contributed by atoms with van der Waals surface area (Å²) in [4.78, 5) is 13.2. The molecule has 1 aromatic carbocycles. The van der Waals surface area contributed by atoms with Crippen molar-refractivity contribution in [2.45, 2.75) is 46.1 Å². The lowest BCUT2D eigenvalue weighted by Crippen LogP contribution is -2.32. The fraction of sp³-hybridized carbons (Fsp3) is 0.391. The second-order valence-electron chi connectivity index (χ2n) is 8.95. The molecule has 1 saturated carbocycles. The van der Waals surface area contributed by atoms with Gasteiger partial charge in [-0.15, -0.1) is 0 Å². The van der Waals surface area contributed by atoms with Crippen LogP contribution in [0.2, 0.25) is 0 Å². The first-order valence-electron chi connectivity index (χ1n) is 10.5. The van der Waals surface area contributed by atoms with Crippen molar-refractivity contribution in [3.05, 3.63) is 60.8 Å². The van der Waals surface area contributed by atoms with Gasteiger partial charge in [-0.1, -0.05) is 20.8 Å². The summed E-state index contributed by atoms with van der Waals surface area (Å²) in [6.07, 6.45) is 7.94. The van der Waals surface area contributed by atoms with E-state index in [1.54, 1.807) is 23.3 Å². The van der Waals surface area contributed by atoms with E-state index in [0.29, 0.717) is 28.9 Å². The fourth-order valence-electron chi connectivity index (χ4n) is 4.51. The van der Waals surface area contributed by atoms with Crippen LogP contribution >= 0.6 is 0 Å². The van der Waals surface area contributed by atoms with Gasteiger partial charge in [0, 0.05) is 6.20 Å². The third-order valence-electron chi connectivity index (χ3n) is 5.54. The van der Waals surface area contributed by atoms with Crippen LogP contribution in [0.3, 0.4) is 0 Å². The van der Waals surface area contributed by atoms with Gasteiger partial charge in [0.1, 0.15) is 18.4 Å². The fourth-order valence-corrected chi connectivity index (χ4v) is 4.51. The standard InChI is InChI=1S/C23H28N6O2/c1-16-11-17(13-23(2,3)12-16)27-21(28-30)20-5-4-10-25-22(20)31-19-8-6-18(7-9-19)29-15-24-14-26-29/h4-10,14-17,30H,11-13H2,1-3H3,(H,27,28). The summed E-state index contributed by atoms with van der Waals surface area (Å²) >= 11 is 0. The highest BCUT2D eigenvalue weighted by molar-refractivity contribution is 6.00. The predicted molar refractivity (Wildman–Crippen MR) is 118 cm³/mol. The zero-order valence-corrected chi connectivity index (χ0v) is 18.1. The number of ether oxygens (including phenoxy) is 1. The molecule has 2 heterocycles. The van der Waals surface area contributed by atoms with Crippen LogP contribution in [0, 0.1) is 11.3 Å². The summed E-state index contributed by atoms with van der Waals surface area (Å²) in [5.74, 6) is 1.95. The summed E-state index contributed by atoms with van der Waals surface area (Å²) in [7, 11) is 0. The van der Waals surface area contributed by atoms with Crippen molar-refractivity contribution in [1.29, 1.82) is 0 Å². The zero-order valence-electron chi connectivity index (χ0n) is 18.1. The van der Waals surface area contributed by atoms with Crippen LogP contribution in [-0.4, -0.2) is 36.8 Å². The Morgan fingerprint density at radius 2 is 2.03 bits per heavy atom. The van der Waals surface area contributed by atoms with E-state index in [1.165, 1.54) is 12.7 Å². The van der Waals surface area contributed by atoms with Gasteiger partial charge in [0.25, 0.3) is 0 Å². The van der Waals surface area contributed by atoms with E-state index in [-0.39, 0.29) is 11.5 Å². The number of nitrogens with zero attached hydrogens (tertiary/aromatic N) is 5. The number of amidine groups is 1. The minimum atomic E-state index is 0.128. The maximum absolute atomic E-state index is 9.86. The number of rotatable bonds is 5. The van der Waals surface area contributed by atoms with E-state index in [0.717, 1.165) is 18.5 Å². The largest absolute Gasteiger partial charge is 0.438 e. The highest BCUT2D eigenvalue weighted by atomic mass is 16.5. The first kappa shape index (κ1) is 21.0. The molecule has 1 aliphatic carbocycles. The van der Waals surface area contributed by atoms with Gasteiger partial charge < -0.3 is 4.74 Å². The normalized spacial score (nSPS) is 21.0. The van der Waals surface area contributed by atoms with Gasteiger partial charge in [-0.2, -0.15) is 5.10 Å². The van der Waals surface area contributed by atoms with Crippen molar-refractivity contribution in [2.75, 3.05) is 0 Å². The summed E-state index contributed by atoms with van der Waals surface area (Å²) in [5, 5.41) is 14.0. The SMILES string of the molecule is CC1CC(N=C(NO)c2cccnc2Oc2ccc(-n3cncn3)cc2)CC(C)(C)C1. The number of hydroxylamine groups is 1. The molecule has 2 unspecified atom stereocenters. The molecule has 0 saturated heterocycles. The molecule has 2 N–H and O–H groups in total. The molecule has 2 atom stereocenters. The van der Waals surface area contributed by atoms with Crippen LogP contribution in [0.1, 0.15) is 45.6 Å². The Labute approximate surface area is 182 Å². The summed E-state index contributed by atoms with van der Waals surface area (Å²) in [6.45, 7) is 6.81. The molecule has 0 spiro atoms. The maximum atomic E-state index is 9.86. The van der Waals surface area contributed by atoms with Crippen molar-refractivity contribution in [3.63, 3.8) is 0 Å². The Morgan fingerprint density at radius 3 is 2.71 bits per heavy atom. The van der Waals surface area contributed by atoms with Crippen LogP contribution in [0.15, 0.2) is 60.2 Å². The molecule has 31 heavy (non-hydrogen) atoms. The molecule has 1 aliphatic rings. The number of benzene rings is 1. The number of pyridine rings is 1. The number of hydrogen-bond acceptors (Lipinski definition) is 6. The van der Waals surface area contributed by atoms with E-state index in [9.17, 15) is 5.21 Å². The lowest BCUT2D eigenvalue weighted by molar-refractivity contribution is 0.169. The minimum Gasteiger partial charge on any atom is -0.438 e. The molecule has 0 amide bonds. The van der Waals surface area contributed by atoms with Crippen LogP contribution < -0.4 is 10.2 Å². The molecule has 1 fully saturated rings. The zero-order chi connectivity index (χ0) is 21.8. The molecule has 0 bridgehead atoms. The van der Waals surface area contributed by atoms with E-state index in [2.05, 4.69) is 41.3 Å². The first-order chi connectivity index (χ1) is 14.9. The number of aromatic nitrogens is 4. The molecule has 2 aromatic heterocycles. The second-order valence-corrected chi connectivity index (χ2v) is 8.95. The van der Waals surface area contributed by atoms with Gasteiger partial charge in [-0.05, 0) is 67.0 Å². The van der Waals surface area contributed by atoms with Crippen molar-refractivity contribution in [2.24, 2.45) is 16.3 Å². The minimum absolute atomic E-state index is 0.128. The van der Waals surface area contributed by atoms with Gasteiger partial charge in [0.15, 0.2) is 5.84 Å². The Morgan fingerprint density at radius 1 is 1.23 bits per heavy atom. The number of aliphatic imine (C=N–C) groups is 1. The molecule has 0 radical (unpaired) electrons. The quantitative estimate of drug-likeness (QED) is 0.361. The molecule has 0 aliphatic heterocycles. The summed E-state index contributed by atoms with van der Waals surface area (Å²) < 4.78 is 7.70. The van der Waals surface area contributed by atoms with E-state index in [1.807, 2.05) is 30.3 Å². The van der Waals surface area contributed by atoms with E-state index >= 15 is 0 Å². The lowest BCUT2D eigenvalue weighted by Gasteiger charge is -2.37. The van der Waals surface area contributed by atoms with Crippen LogP contribution in [0.25, 0.3) is 5.69 Å². The van der Waals surface area contributed by atoms with Gasteiger partial charge >= 0.3 is 0 Å². The summed E-state index contributed by atoms with van der Waals surface area (Å²) in [6, 6.07) is 11.2. The summed E-state index contributed by atoms with van der Waals surface area (Å²) in [5.41, 5.74) is 3.99. The Balaban J connectivity index is 1.57. The Bertz CT molecular complexity index is 1030. The third-order valence-corrected chi connectivity index (χ3v) is 5.54. The maximum Gasteiger partial charge on any atom is 0.230 e.